The number of halogens is 3. The SMILES string of the molecule is CCCC(=O)O[B-](F)(F)F. The predicted octanol–water partition coefficient (Wildman–Crippen LogP) is 1.67. The number of rotatable bonds is 3. The van der Waals surface area contributed by atoms with E-state index in [4.69, 9.17) is 0 Å². The molecular weight excluding hydrogens is 148 g/mol. The van der Waals surface area contributed by atoms with Gasteiger partial charge in [-0.2, -0.15) is 0 Å². The Balaban J connectivity index is 3.58. The van der Waals surface area contributed by atoms with Crippen LogP contribution in [0.4, 0.5) is 12.9 Å². The second-order valence-corrected chi connectivity index (χ2v) is 1.75. The first-order valence-corrected chi connectivity index (χ1v) is 2.86. The molecule has 0 aromatic rings. The minimum atomic E-state index is -5.40. The van der Waals surface area contributed by atoms with Crippen molar-refractivity contribution in [2.45, 2.75) is 19.8 Å². The number of hydrogen-bond donors (Lipinski definition) is 0. The van der Waals surface area contributed by atoms with Gasteiger partial charge in [-0.15, -0.1) is 0 Å². The quantitative estimate of drug-likeness (QED) is 0.579. The van der Waals surface area contributed by atoms with E-state index in [-0.39, 0.29) is 6.42 Å². The molecule has 0 radical (unpaired) electrons. The zero-order chi connectivity index (χ0) is 8.20. The Kier molecular flexibility index (Phi) is 3.25. The van der Waals surface area contributed by atoms with Crippen molar-refractivity contribution >= 4 is 13.1 Å². The Hall–Kier alpha value is -0.675. The van der Waals surface area contributed by atoms with Crippen molar-refractivity contribution in [2.75, 3.05) is 0 Å². The smallest absolute Gasteiger partial charge is 0.609 e. The fraction of sp³-hybridized carbons (Fsp3) is 0.750. The fourth-order valence-corrected chi connectivity index (χ4v) is 0.412. The lowest BCUT2D eigenvalue weighted by molar-refractivity contribution is -0.137. The lowest BCUT2D eigenvalue weighted by Gasteiger charge is -2.15. The van der Waals surface area contributed by atoms with E-state index in [1.165, 1.54) is 0 Å². The molecule has 0 amide bonds. The summed E-state index contributed by atoms with van der Waals surface area (Å²) in [5.41, 5.74) is 0. The first-order valence-electron chi connectivity index (χ1n) is 2.86. The van der Waals surface area contributed by atoms with Crippen molar-refractivity contribution < 1.29 is 22.4 Å². The Labute approximate surface area is 56.4 Å². The molecule has 0 bridgehead atoms. The molecule has 0 N–H and O–H groups in total. The second-order valence-electron chi connectivity index (χ2n) is 1.75. The molecule has 0 aliphatic rings. The maximum atomic E-state index is 11.2. The summed E-state index contributed by atoms with van der Waals surface area (Å²) >= 11 is 0. The molecule has 0 aliphatic carbocycles. The molecular formula is C4H7BF3O2-. The first kappa shape index (κ1) is 9.32. The topological polar surface area (TPSA) is 26.3 Å². The van der Waals surface area contributed by atoms with E-state index in [0.29, 0.717) is 6.42 Å². The lowest BCUT2D eigenvalue weighted by Crippen LogP contribution is -2.25. The number of carbonyl (C=O) groups excluding carboxylic acids is 1. The van der Waals surface area contributed by atoms with Gasteiger partial charge in [0.25, 0.3) is 5.97 Å². The molecule has 10 heavy (non-hydrogen) atoms. The lowest BCUT2D eigenvalue weighted by atomic mass is 10.2. The van der Waals surface area contributed by atoms with Gasteiger partial charge in [-0.3, -0.25) is 4.79 Å². The Morgan fingerprint density at radius 3 is 2.30 bits per heavy atom. The monoisotopic (exact) mass is 155 g/mol. The molecule has 6 heteroatoms. The molecule has 0 rings (SSSR count). The molecule has 0 aromatic carbocycles. The molecule has 0 aromatic heterocycles. The molecule has 0 saturated heterocycles. The van der Waals surface area contributed by atoms with Crippen LogP contribution in [0.25, 0.3) is 0 Å². The third kappa shape index (κ3) is 5.46. The Morgan fingerprint density at radius 2 is 2.00 bits per heavy atom. The maximum Gasteiger partial charge on any atom is 0.701 e. The largest absolute Gasteiger partial charge is 0.701 e. The molecule has 2 nitrogen and oxygen atoms in total. The second kappa shape index (κ2) is 3.48. The van der Waals surface area contributed by atoms with E-state index in [2.05, 4.69) is 4.65 Å². The van der Waals surface area contributed by atoms with Crippen molar-refractivity contribution in [3.05, 3.63) is 0 Å². The van der Waals surface area contributed by atoms with Crippen LogP contribution in [0, 0.1) is 0 Å². The van der Waals surface area contributed by atoms with Gasteiger partial charge in [0, 0.05) is 6.42 Å². The average molecular weight is 155 g/mol. The van der Waals surface area contributed by atoms with Crippen LogP contribution in [0.15, 0.2) is 0 Å². The van der Waals surface area contributed by atoms with Crippen molar-refractivity contribution in [3.8, 4) is 0 Å². The van der Waals surface area contributed by atoms with Gasteiger partial charge in [0.05, 0.1) is 0 Å². The van der Waals surface area contributed by atoms with Gasteiger partial charge in [-0.1, -0.05) is 6.92 Å². The van der Waals surface area contributed by atoms with E-state index >= 15 is 0 Å². The molecule has 0 atom stereocenters. The van der Waals surface area contributed by atoms with Gasteiger partial charge < -0.3 is 17.6 Å². The van der Waals surface area contributed by atoms with E-state index in [1.807, 2.05) is 0 Å². The van der Waals surface area contributed by atoms with Gasteiger partial charge in [-0.05, 0) is 6.42 Å². The number of hydrogen-bond acceptors (Lipinski definition) is 2. The van der Waals surface area contributed by atoms with Crippen molar-refractivity contribution in [2.24, 2.45) is 0 Å². The summed E-state index contributed by atoms with van der Waals surface area (Å²) in [6, 6.07) is 0. The normalized spacial score (nSPS) is 11.2. The number of carbonyl (C=O) groups is 1. The third-order valence-corrected chi connectivity index (χ3v) is 0.719. The third-order valence-electron chi connectivity index (χ3n) is 0.719. The highest BCUT2D eigenvalue weighted by molar-refractivity contribution is 6.53. The first-order chi connectivity index (χ1) is 4.45. The van der Waals surface area contributed by atoms with Crippen molar-refractivity contribution in [3.63, 3.8) is 0 Å². The van der Waals surface area contributed by atoms with Crippen molar-refractivity contribution in [1.82, 2.24) is 0 Å². The van der Waals surface area contributed by atoms with Gasteiger partial charge in [0.1, 0.15) is 0 Å². The highest BCUT2D eigenvalue weighted by Gasteiger charge is 2.29. The standard InChI is InChI=1S/C4H7BF3O2/c1-2-3-4(9)10-5(6,7)8/h2-3H2,1H3/q-1. The van der Waals surface area contributed by atoms with Crippen LogP contribution in [0.5, 0.6) is 0 Å². The summed E-state index contributed by atoms with van der Waals surface area (Å²) in [6.07, 6.45) is 0.187. The van der Waals surface area contributed by atoms with E-state index in [1.54, 1.807) is 6.92 Å². The summed E-state index contributed by atoms with van der Waals surface area (Å²) in [6.45, 7) is 1.60. The van der Waals surface area contributed by atoms with Crippen LogP contribution in [0.2, 0.25) is 0 Å². The molecule has 0 aliphatic heterocycles. The van der Waals surface area contributed by atoms with Crippen LogP contribution in [0.1, 0.15) is 19.8 Å². The van der Waals surface area contributed by atoms with Gasteiger partial charge in [0.15, 0.2) is 0 Å². The van der Waals surface area contributed by atoms with E-state index in [0.717, 1.165) is 0 Å². The zero-order valence-corrected chi connectivity index (χ0v) is 5.44. The van der Waals surface area contributed by atoms with Crippen molar-refractivity contribution in [1.29, 1.82) is 0 Å². The van der Waals surface area contributed by atoms with Gasteiger partial charge in [-0.25, -0.2) is 0 Å². The molecule has 60 valence electrons. The van der Waals surface area contributed by atoms with Crippen LogP contribution in [-0.4, -0.2) is 13.1 Å². The van der Waals surface area contributed by atoms with Crippen LogP contribution in [-0.2, 0) is 9.45 Å². The summed E-state index contributed by atoms with van der Waals surface area (Å²) in [5.74, 6) is -1.20. The van der Waals surface area contributed by atoms with E-state index in [9.17, 15) is 17.7 Å². The van der Waals surface area contributed by atoms with Crippen LogP contribution >= 0.6 is 0 Å². The summed E-state index contributed by atoms with van der Waals surface area (Å²) < 4.78 is 36.8. The van der Waals surface area contributed by atoms with E-state index < -0.39 is 13.1 Å². The highest BCUT2D eigenvalue weighted by atomic mass is 19.4. The molecule has 0 fully saturated rings. The summed E-state index contributed by atoms with van der Waals surface area (Å²) in [5, 5.41) is 0. The average Bonchev–Trinajstić information content (AvgIpc) is 1.59. The molecule has 0 saturated carbocycles. The fourth-order valence-electron chi connectivity index (χ4n) is 0.412. The molecule has 0 unspecified atom stereocenters. The molecule has 0 spiro atoms. The summed E-state index contributed by atoms with van der Waals surface area (Å²) in [7, 11) is -5.40. The van der Waals surface area contributed by atoms with Gasteiger partial charge >= 0.3 is 7.18 Å². The Morgan fingerprint density at radius 1 is 1.50 bits per heavy atom. The van der Waals surface area contributed by atoms with Crippen LogP contribution in [0.3, 0.4) is 0 Å². The maximum absolute atomic E-state index is 11.2. The minimum Gasteiger partial charge on any atom is -0.609 e. The zero-order valence-electron chi connectivity index (χ0n) is 5.44. The predicted molar refractivity (Wildman–Crippen MR) is 30.1 cm³/mol. The van der Waals surface area contributed by atoms with Gasteiger partial charge in [0.2, 0.25) is 0 Å². The van der Waals surface area contributed by atoms with Crippen LogP contribution < -0.4 is 0 Å². The minimum absolute atomic E-state index is 0.179. The highest BCUT2D eigenvalue weighted by Crippen LogP contribution is 2.11. The molecule has 0 heterocycles. The summed E-state index contributed by atoms with van der Waals surface area (Å²) in [4.78, 5) is 10.1. The Bertz CT molecular complexity index is 122.